The van der Waals surface area contributed by atoms with E-state index in [-0.39, 0.29) is 10.9 Å². The molecule has 0 spiro atoms. The second-order valence-electron chi connectivity index (χ2n) is 9.58. The third-order valence-electron chi connectivity index (χ3n) is 6.90. The van der Waals surface area contributed by atoms with Gasteiger partial charge in [-0.3, -0.25) is 4.79 Å². The zero-order chi connectivity index (χ0) is 26.7. The number of anilines is 1. The third kappa shape index (κ3) is 5.55. The first-order chi connectivity index (χ1) is 18.3. The summed E-state index contributed by atoms with van der Waals surface area (Å²) in [5, 5.41) is 6.22. The van der Waals surface area contributed by atoms with Gasteiger partial charge >= 0.3 is 0 Å². The van der Waals surface area contributed by atoms with Crippen LogP contribution in [0.3, 0.4) is 0 Å². The average molecular weight is 547 g/mol. The van der Waals surface area contributed by atoms with Gasteiger partial charge in [0, 0.05) is 18.7 Å². The van der Waals surface area contributed by atoms with E-state index in [9.17, 15) is 13.2 Å². The summed E-state index contributed by atoms with van der Waals surface area (Å²) in [6.45, 7) is 2.01. The first-order valence-electron chi connectivity index (χ1n) is 12.7. The fraction of sp³-hybridized carbons (Fsp3) is 0.276. The maximum Gasteiger partial charge on any atom is 0.280 e. The highest BCUT2D eigenvalue weighted by atomic mass is 32.2. The predicted octanol–water partition coefficient (Wildman–Crippen LogP) is 6.24. The summed E-state index contributed by atoms with van der Waals surface area (Å²) in [4.78, 5) is 18.5. The number of rotatable bonds is 7. The summed E-state index contributed by atoms with van der Waals surface area (Å²) in [6.07, 6.45) is 6.61. The molecule has 0 saturated heterocycles. The van der Waals surface area contributed by atoms with Crippen LogP contribution in [0.25, 0.3) is 10.2 Å². The number of amides is 1. The minimum atomic E-state index is -3.65. The van der Waals surface area contributed by atoms with Crippen molar-refractivity contribution in [3.05, 3.63) is 89.5 Å². The molecule has 0 bridgehead atoms. The molecule has 7 nitrogen and oxygen atoms in total. The number of aromatic nitrogens is 1. The van der Waals surface area contributed by atoms with E-state index in [1.54, 1.807) is 25.4 Å². The van der Waals surface area contributed by atoms with E-state index >= 15 is 0 Å². The number of aryl methyl sites for hydroxylation is 1. The Hall–Kier alpha value is -3.40. The largest absolute Gasteiger partial charge is 0.280 e. The number of hydrazone groups is 1. The molecule has 0 aliphatic heterocycles. The molecule has 0 N–H and O–H groups in total. The van der Waals surface area contributed by atoms with Gasteiger partial charge in [-0.2, -0.15) is 14.4 Å². The normalized spacial score (nSPS) is 14.9. The summed E-state index contributed by atoms with van der Waals surface area (Å²) in [5.41, 5.74) is 3.06. The van der Waals surface area contributed by atoms with Gasteiger partial charge in [0.2, 0.25) is 15.2 Å². The highest BCUT2D eigenvalue weighted by molar-refractivity contribution is 7.89. The Morgan fingerprint density at radius 1 is 1.00 bits per heavy atom. The smallest absolute Gasteiger partial charge is 0.267 e. The third-order valence-corrected chi connectivity index (χ3v) is 9.81. The number of hydrogen-bond donors (Lipinski definition) is 0. The lowest BCUT2D eigenvalue weighted by molar-refractivity contribution is 0.0987. The molecule has 0 radical (unpaired) electrons. The maximum atomic E-state index is 13.7. The molecule has 9 heteroatoms. The van der Waals surface area contributed by atoms with Crippen molar-refractivity contribution in [1.82, 2.24) is 9.29 Å². The lowest BCUT2D eigenvalue weighted by Gasteiger charge is -2.30. The predicted molar refractivity (Wildman–Crippen MR) is 153 cm³/mol. The van der Waals surface area contributed by atoms with Crippen LogP contribution in [0.5, 0.6) is 0 Å². The van der Waals surface area contributed by atoms with Crippen LogP contribution in [0, 0.1) is 6.92 Å². The molecular formula is C29H30N4O3S2. The average Bonchev–Trinajstić information content (AvgIpc) is 3.36. The molecule has 1 fully saturated rings. The standard InChI is InChI=1S/C29H30N4O3S2/c1-21-13-18-26-27(19-21)37-29(31-26)33(30-20-22-9-5-3-6-10-22)28(34)23-14-16-25(17-15-23)38(35,36)32(2)24-11-7-4-8-12-24/h3,5-6,9-10,13-20,24H,4,7-8,11-12H2,1-2H3/b30-20+. The van der Waals surface area contributed by atoms with Gasteiger partial charge in [-0.1, -0.05) is 67.0 Å². The van der Waals surface area contributed by atoms with Gasteiger partial charge in [-0.25, -0.2) is 13.4 Å². The zero-order valence-corrected chi connectivity index (χ0v) is 23.1. The van der Waals surface area contributed by atoms with Gasteiger partial charge in [0.15, 0.2) is 0 Å². The SMILES string of the molecule is Cc1ccc2nc(N(/N=C/c3ccccc3)C(=O)c3ccc(S(=O)(=O)N(C)C4CCCCC4)cc3)sc2c1. The second-order valence-corrected chi connectivity index (χ2v) is 12.6. The lowest BCUT2D eigenvalue weighted by Crippen LogP contribution is -2.38. The van der Waals surface area contributed by atoms with Crippen LogP contribution in [0.4, 0.5) is 5.13 Å². The van der Waals surface area contributed by atoms with E-state index in [0.717, 1.165) is 53.4 Å². The number of benzene rings is 3. The molecule has 1 aromatic heterocycles. The van der Waals surface area contributed by atoms with Gasteiger partial charge in [0.1, 0.15) is 0 Å². The number of fused-ring (bicyclic) bond motifs is 1. The fourth-order valence-corrected chi connectivity index (χ4v) is 7.10. The van der Waals surface area contributed by atoms with Crippen molar-refractivity contribution in [1.29, 1.82) is 0 Å². The molecule has 1 amide bonds. The fourth-order valence-electron chi connectivity index (χ4n) is 4.66. The van der Waals surface area contributed by atoms with Crippen LogP contribution >= 0.6 is 11.3 Å². The highest BCUT2D eigenvalue weighted by Crippen LogP contribution is 2.31. The Labute approximate surface area is 227 Å². The molecule has 5 rings (SSSR count). The summed E-state index contributed by atoms with van der Waals surface area (Å²) in [6, 6.07) is 21.6. The molecule has 1 saturated carbocycles. The Bertz CT molecular complexity index is 1560. The second kappa shape index (κ2) is 11.1. The molecule has 1 aliphatic carbocycles. The Kier molecular flexibility index (Phi) is 7.69. The number of hydrogen-bond acceptors (Lipinski definition) is 6. The van der Waals surface area contributed by atoms with Gasteiger partial charge < -0.3 is 0 Å². The molecule has 38 heavy (non-hydrogen) atoms. The van der Waals surface area contributed by atoms with Crippen molar-refractivity contribution in [2.24, 2.45) is 5.10 Å². The molecular weight excluding hydrogens is 516 g/mol. The van der Waals surface area contributed by atoms with Crippen LogP contribution in [-0.2, 0) is 10.0 Å². The van der Waals surface area contributed by atoms with Crippen LogP contribution in [-0.4, -0.2) is 42.9 Å². The van der Waals surface area contributed by atoms with E-state index < -0.39 is 15.9 Å². The van der Waals surface area contributed by atoms with Crippen LogP contribution < -0.4 is 5.01 Å². The monoisotopic (exact) mass is 546 g/mol. The molecule has 1 aliphatic rings. The summed E-state index contributed by atoms with van der Waals surface area (Å²) >= 11 is 1.38. The van der Waals surface area contributed by atoms with E-state index in [4.69, 9.17) is 0 Å². The lowest BCUT2D eigenvalue weighted by atomic mass is 9.96. The number of sulfonamides is 1. The summed E-state index contributed by atoms with van der Waals surface area (Å²) in [7, 11) is -2.00. The minimum absolute atomic E-state index is 0.0144. The van der Waals surface area contributed by atoms with Crippen molar-refractivity contribution >= 4 is 48.8 Å². The number of thiazole rings is 1. The Morgan fingerprint density at radius 2 is 1.71 bits per heavy atom. The van der Waals surface area contributed by atoms with Gasteiger partial charge in [-0.05, 0) is 67.3 Å². The first kappa shape index (κ1) is 26.2. The van der Waals surface area contributed by atoms with Crippen molar-refractivity contribution in [3.8, 4) is 0 Å². The highest BCUT2D eigenvalue weighted by Gasteiger charge is 2.29. The topological polar surface area (TPSA) is 82.9 Å². The van der Waals surface area contributed by atoms with Crippen molar-refractivity contribution in [2.75, 3.05) is 12.1 Å². The molecule has 1 heterocycles. The van der Waals surface area contributed by atoms with Crippen LogP contribution in [0.15, 0.2) is 82.8 Å². The zero-order valence-electron chi connectivity index (χ0n) is 21.4. The first-order valence-corrected chi connectivity index (χ1v) is 15.0. The van der Waals surface area contributed by atoms with Gasteiger partial charge in [0.05, 0.1) is 21.3 Å². The van der Waals surface area contributed by atoms with Gasteiger partial charge in [0.25, 0.3) is 5.91 Å². The van der Waals surface area contributed by atoms with Gasteiger partial charge in [-0.15, -0.1) is 0 Å². The maximum absolute atomic E-state index is 13.7. The summed E-state index contributed by atoms with van der Waals surface area (Å²) < 4.78 is 29.0. The molecule has 196 valence electrons. The van der Waals surface area contributed by atoms with Crippen molar-refractivity contribution in [2.45, 2.75) is 50.0 Å². The van der Waals surface area contributed by atoms with E-state index in [0.29, 0.717) is 10.7 Å². The molecule has 0 atom stereocenters. The van der Waals surface area contributed by atoms with Crippen molar-refractivity contribution < 1.29 is 13.2 Å². The quantitative estimate of drug-likeness (QED) is 0.203. The molecule has 3 aromatic carbocycles. The Morgan fingerprint density at radius 3 is 2.42 bits per heavy atom. The number of carbonyl (C=O) groups excluding carboxylic acids is 1. The minimum Gasteiger partial charge on any atom is -0.267 e. The molecule has 4 aromatic rings. The number of nitrogens with zero attached hydrogens (tertiary/aromatic N) is 4. The van der Waals surface area contributed by atoms with Crippen LogP contribution in [0.1, 0.15) is 53.6 Å². The van der Waals surface area contributed by atoms with E-state index in [1.165, 1.54) is 32.8 Å². The summed E-state index contributed by atoms with van der Waals surface area (Å²) in [5.74, 6) is -0.391. The Balaban J connectivity index is 1.45. The molecule has 0 unspecified atom stereocenters. The van der Waals surface area contributed by atoms with E-state index in [1.807, 2.05) is 55.5 Å². The number of carbonyl (C=O) groups is 1. The van der Waals surface area contributed by atoms with E-state index in [2.05, 4.69) is 10.1 Å². The van der Waals surface area contributed by atoms with Crippen LogP contribution in [0.2, 0.25) is 0 Å². The van der Waals surface area contributed by atoms with Crippen molar-refractivity contribution in [3.63, 3.8) is 0 Å².